The van der Waals surface area contributed by atoms with Crippen molar-refractivity contribution in [2.45, 2.75) is 20.8 Å². The lowest BCUT2D eigenvalue weighted by atomic mass is 10.1. The molecule has 8 heteroatoms. The van der Waals surface area contributed by atoms with Crippen LogP contribution in [0.5, 0.6) is 0 Å². The SMILES string of the molecule is CC.CS(=O)(=O)O.CS(=O)(=O)O.Cc1ccccc1.c1ccc2ccccc2c1. The molecule has 0 bridgehead atoms. The second-order valence-electron chi connectivity index (χ2n) is 5.47. The van der Waals surface area contributed by atoms with E-state index in [-0.39, 0.29) is 0 Å². The molecule has 6 nitrogen and oxygen atoms in total. The van der Waals surface area contributed by atoms with E-state index in [0.29, 0.717) is 12.5 Å². The van der Waals surface area contributed by atoms with Gasteiger partial charge in [0.2, 0.25) is 0 Å². The molecule has 0 aliphatic heterocycles. The molecule has 0 spiro atoms. The Hall–Kier alpha value is -2.26. The normalized spacial score (nSPS) is 9.76. The van der Waals surface area contributed by atoms with E-state index in [1.54, 1.807) is 0 Å². The van der Waals surface area contributed by atoms with Crippen molar-refractivity contribution >= 4 is 31.0 Å². The van der Waals surface area contributed by atoms with Gasteiger partial charge < -0.3 is 0 Å². The molecule has 0 heterocycles. The summed E-state index contributed by atoms with van der Waals surface area (Å²) in [5, 5.41) is 2.62. The molecule has 3 aromatic carbocycles. The largest absolute Gasteiger partial charge is 0.286 e. The molecule has 0 fully saturated rings. The van der Waals surface area contributed by atoms with Gasteiger partial charge in [-0.05, 0) is 17.7 Å². The van der Waals surface area contributed by atoms with Gasteiger partial charge >= 0.3 is 0 Å². The van der Waals surface area contributed by atoms with E-state index in [2.05, 4.69) is 67.6 Å². The quantitative estimate of drug-likeness (QED) is 0.481. The third-order valence-corrected chi connectivity index (χ3v) is 2.60. The number of fused-ring (bicyclic) bond motifs is 1. The van der Waals surface area contributed by atoms with Crippen LogP contribution >= 0.6 is 0 Å². The summed E-state index contributed by atoms with van der Waals surface area (Å²) in [6.45, 7) is 6.08. The Morgan fingerprint density at radius 1 is 0.552 bits per heavy atom. The lowest BCUT2D eigenvalue weighted by Gasteiger charge is -1.92. The van der Waals surface area contributed by atoms with Crippen molar-refractivity contribution in [3.05, 3.63) is 84.4 Å². The topological polar surface area (TPSA) is 109 Å². The van der Waals surface area contributed by atoms with E-state index < -0.39 is 20.2 Å². The molecular weight excluding hydrogens is 412 g/mol. The van der Waals surface area contributed by atoms with Gasteiger partial charge in [0.15, 0.2) is 0 Å². The van der Waals surface area contributed by atoms with E-state index in [4.69, 9.17) is 9.11 Å². The Bertz CT molecular complexity index is 888. The Balaban J connectivity index is 0. The average molecular weight is 443 g/mol. The highest BCUT2D eigenvalue weighted by molar-refractivity contribution is 7.85. The van der Waals surface area contributed by atoms with Gasteiger partial charge in [0.05, 0.1) is 12.5 Å². The fraction of sp³-hybridized carbons (Fsp3) is 0.238. The summed E-state index contributed by atoms with van der Waals surface area (Å²) in [5.41, 5.74) is 1.32. The maximum absolute atomic E-state index is 9.19. The molecule has 0 saturated carbocycles. The summed E-state index contributed by atoms with van der Waals surface area (Å²) in [5.74, 6) is 0. The minimum absolute atomic E-state index is 0.715. The predicted molar refractivity (Wildman–Crippen MR) is 121 cm³/mol. The summed E-state index contributed by atoms with van der Waals surface area (Å²) in [6.07, 6.45) is 1.43. The zero-order chi connectivity index (χ0) is 22.9. The van der Waals surface area contributed by atoms with Crippen LogP contribution in [-0.2, 0) is 20.2 Å². The van der Waals surface area contributed by atoms with E-state index in [0.717, 1.165) is 0 Å². The molecule has 0 aromatic heterocycles. The summed E-state index contributed by atoms with van der Waals surface area (Å²) in [7, 11) is -7.33. The van der Waals surface area contributed by atoms with Crippen LogP contribution in [0.15, 0.2) is 78.9 Å². The lowest BCUT2D eigenvalue weighted by molar-refractivity contribution is 0.488. The molecular formula is C21H30O6S2. The van der Waals surface area contributed by atoms with Gasteiger partial charge in [-0.2, -0.15) is 16.8 Å². The highest BCUT2D eigenvalue weighted by Gasteiger charge is 1.85. The highest BCUT2D eigenvalue weighted by Crippen LogP contribution is 2.11. The third kappa shape index (κ3) is 25.7. The van der Waals surface area contributed by atoms with Crippen LogP contribution in [0.2, 0.25) is 0 Å². The predicted octanol–water partition coefficient (Wildman–Crippen LogP) is 4.87. The Kier molecular flexibility index (Phi) is 15.6. The van der Waals surface area contributed by atoms with Gasteiger partial charge in [-0.15, -0.1) is 0 Å². The van der Waals surface area contributed by atoms with Crippen LogP contribution in [0.3, 0.4) is 0 Å². The molecule has 0 amide bonds. The average Bonchev–Trinajstić information content (AvgIpc) is 2.62. The smallest absolute Gasteiger partial charge is 0.261 e. The van der Waals surface area contributed by atoms with E-state index in [1.807, 2.05) is 32.0 Å². The van der Waals surface area contributed by atoms with E-state index in [1.165, 1.54) is 16.3 Å². The molecule has 0 atom stereocenters. The number of benzene rings is 3. The Morgan fingerprint density at radius 3 is 0.931 bits per heavy atom. The van der Waals surface area contributed by atoms with Gasteiger partial charge in [0.25, 0.3) is 20.2 Å². The first-order valence-corrected chi connectivity index (χ1v) is 12.4. The van der Waals surface area contributed by atoms with Gasteiger partial charge in [0.1, 0.15) is 0 Å². The van der Waals surface area contributed by atoms with Crippen LogP contribution < -0.4 is 0 Å². The van der Waals surface area contributed by atoms with Crippen LogP contribution in [0.25, 0.3) is 10.8 Å². The molecule has 162 valence electrons. The zero-order valence-electron chi connectivity index (χ0n) is 17.3. The van der Waals surface area contributed by atoms with E-state index >= 15 is 0 Å². The number of rotatable bonds is 0. The molecule has 2 N–H and O–H groups in total. The molecule has 0 unspecified atom stereocenters. The van der Waals surface area contributed by atoms with Gasteiger partial charge in [-0.1, -0.05) is 98.3 Å². The fourth-order valence-electron chi connectivity index (χ4n) is 1.67. The third-order valence-electron chi connectivity index (χ3n) is 2.60. The molecule has 0 aliphatic rings. The van der Waals surface area contributed by atoms with Crippen molar-refractivity contribution in [2.75, 3.05) is 12.5 Å². The van der Waals surface area contributed by atoms with Crippen LogP contribution in [0.1, 0.15) is 19.4 Å². The van der Waals surface area contributed by atoms with Crippen molar-refractivity contribution in [1.82, 2.24) is 0 Å². The van der Waals surface area contributed by atoms with E-state index in [9.17, 15) is 16.8 Å². The van der Waals surface area contributed by atoms with Crippen molar-refractivity contribution in [1.29, 1.82) is 0 Å². The van der Waals surface area contributed by atoms with Gasteiger partial charge in [0, 0.05) is 0 Å². The van der Waals surface area contributed by atoms with Crippen molar-refractivity contribution in [3.8, 4) is 0 Å². The Labute approximate surface area is 174 Å². The standard InChI is InChI=1S/C10H8.C7H8.C2H6.2CH4O3S/c1-2-6-10-8-4-3-7-9(10)5-1;1-7-5-3-2-4-6-7;1-2;2*1-5(2,3)4/h1-8H;2-6H,1H3;1-2H3;2*1H3,(H,2,3,4). The lowest BCUT2D eigenvalue weighted by Crippen LogP contribution is -1.88. The van der Waals surface area contributed by atoms with Crippen molar-refractivity contribution < 1.29 is 25.9 Å². The summed E-state index contributed by atoms with van der Waals surface area (Å²) in [6, 6.07) is 27.0. The minimum atomic E-state index is -3.67. The van der Waals surface area contributed by atoms with Crippen molar-refractivity contribution in [2.24, 2.45) is 0 Å². The summed E-state index contributed by atoms with van der Waals surface area (Å²) < 4.78 is 51.7. The molecule has 0 radical (unpaired) electrons. The van der Waals surface area contributed by atoms with Crippen LogP contribution in [0, 0.1) is 6.92 Å². The Morgan fingerprint density at radius 2 is 0.759 bits per heavy atom. The van der Waals surface area contributed by atoms with Crippen LogP contribution in [0.4, 0.5) is 0 Å². The second kappa shape index (κ2) is 15.6. The van der Waals surface area contributed by atoms with Crippen molar-refractivity contribution in [3.63, 3.8) is 0 Å². The van der Waals surface area contributed by atoms with Gasteiger partial charge in [-0.3, -0.25) is 9.11 Å². The highest BCUT2D eigenvalue weighted by atomic mass is 32.2. The maximum atomic E-state index is 9.19. The minimum Gasteiger partial charge on any atom is -0.286 e. The zero-order valence-corrected chi connectivity index (χ0v) is 19.0. The maximum Gasteiger partial charge on any atom is 0.261 e. The number of aryl methyl sites for hydroxylation is 1. The number of hydrogen-bond donors (Lipinski definition) is 2. The van der Waals surface area contributed by atoms with Crippen LogP contribution in [-0.4, -0.2) is 38.5 Å². The monoisotopic (exact) mass is 442 g/mol. The molecule has 0 aliphatic carbocycles. The molecule has 3 aromatic rings. The molecule has 29 heavy (non-hydrogen) atoms. The first-order valence-electron chi connectivity index (χ1n) is 8.66. The summed E-state index contributed by atoms with van der Waals surface area (Å²) >= 11 is 0. The first-order chi connectivity index (χ1) is 13.4. The summed E-state index contributed by atoms with van der Waals surface area (Å²) in [4.78, 5) is 0. The first kappa shape index (κ1) is 28.9. The van der Waals surface area contributed by atoms with Gasteiger partial charge in [-0.25, -0.2) is 0 Å². The molecule has 0 saturated heterocycles. The fourth-order valence-corrected chi connectivity index (χ4v) is 1.67. The second-order valence-corrected chi connectivity index (χ2v) is 8.40. The molecule has 3 rings (SSSR count). The number of hydrogen-bond acceptors (Lipinski definition) is 4.